The van der Waals surface area contributed by atoms with E-state index in [9.17, 15) is 4.79 Å². The van der Waals surface area contributed by atoms with Crippen LogP contribution in [0.2, 0.25) is 0 Å². The molecule has 0 unspecified atom stereocenters. The minimum atomic E-state index is -0.130. The molecule has 2 aromatic rings. The summed E-state index contributed by atoms with van der Waals surface area (Å²) in [4.78, 5) is 16.3. The third kappa shape index (κ3) is 5.64. The highest BCUT2D eigenvalue weighted by molar-refractivity contribution is 7.09. The average molecular weight is 373 g/mol. The van der Waals surface area contributed by atoms with E-state index in [0.717, 1.165) is 48.7 Å². The number of hydrogen-bond donors (Lipinski definition) is 1. The standard InChI is InChI=1S/C21H28N2O2S/c1-2-25-21(24)10-6-16-3-7-18(8-4-16)19-15-26-20(23-19)9-5-17-11-13-22-14-12-17/h3-4,7-8,15,17,22H,2,5-6,9-14H2,1H3. The maximum absolute atomic E-state index is 11.4. The Labute approximate surface area is 160 Å². The number of rotatable bonds is 8. The summed E-state index contributed by atoms with van der Waals surface area (Å²) in [6.45, 7) is 4.61. The van der Waals surface area contributed by atoms with Crippen molar-refractivity contribution in [2.75, 3.05) is 19.7 Å². The van der Waals surface area contributed by atoms with E-state index in [4.69, 9.17) is 9.72 Å². The van der Waals surface area contributed by atoms with Crippen molar-refractivity contribution in [3.05, 3.63) is 40.2 Å². The SMILES string of the molecule is CCOC(=O)CCc1ccc(-c2csc(CCC3CCNCC3)n2)cc1. The summed E-state index contributed by atoms with van der Waals surface area (Å²) in [7, 11) is 0. The average Bonchev–Trinajstić information content (AvgIpc) is 3.15. The van der Waals surface area contributed by atoms with Crippen molar-refractivity contribution in [2.45, 2.75) is 45.4 Å². The van der Waals surface area contributed by atoms with E-state index in [1.54, 1.807) is 11.3 Å². The van der Waals surface area contributed by atoms with E-state index >= 15 is 0 Å². The molecule has 3 rings (SSSR count). The van der Waals surface area contributed by atoms with Crippen LogP contribution in [0.25, 0.3) is 11.3 Å². The molecule has 0 amide bonds. The number of nitrogens with one attached hydrogen (secondary N) is 1. The summed E-state index contributed by atoms with van der Waals surface area (Å²) in [5, 5.41) is 6.82. The fourth-order valence-corrected chi connectivity index (χ4v) is 4.20. The number of carbonyl (C=O) groups is 1. The number of aromatic nitrogens is 1. The van der Waals surface area contributed by atoms with Crippen LogP contribution >= 0.6 is 11.3 Å². The first kappa shape index (κ1) is 19.1. The lowest BCUT2D eigenvalue weighted by Gasteiger charge is -2.21. The molecule has 0 spiro atoms. The second kappa shape index (κ2) is 9.83. The van der Waals surface area contributed by atoms with Crippen molar-refractivity contribution in [2.24, 2.45) is 5.92 Å². The molecule has 1 aliphatic rings. The highest BCUT2D eigenvalue weighted by Gasteiger charge is 2.14. The van der Waals surface area contributed by atoms with E-state index in [1.165, 1.54) is 24.3 Å². The topological polar surface area (TPSA) is 51.2 Å². The van der Waals surface area contributed by atoms with Crippen LogP contribution in [0, 0.1) is 5.92 Å². The summed E-state index contributed by atoms with van der Waals surface area (Å²) >= 11 is 1.77. The molecule has 0 saturated carbocycles. The van der Waals surface area contributed by atoms with Crippen molar-refractivity contribution in [1.29, 1.82) is 0 Å². The molecular weight excluding hydrogens is 344 g/mol. The Balaban J connectivity index is 1.51. The van der Waals surface area contributed by atoms with Crippen LogP contribution in [0.4, 0.5) is 0 Å². The maximum Gasteiger partial charge on any atom is 0.306 e. The normalized spacial score (nSPS) is 15.1. The number of hydrogen-bond acceptors (Lipinski definition) is 5. The first-order valence-corrected chi connectivity index (χ1v) is 10.5. The summed E-state index contributed by atoms with van der Waals surface area (Å²) in [5.41, 5.74) is 3.37. The predicted octanol–water partition coefficient (Wildman–Crippen LogP) is 4.24. The molecule has 1 fully saturated rings. The number of benzene rings is 1. The lowest BCUT2D eigenvalue weighted by atomic mass is 9.93. The fraction of sp³-hybridized carbons (Fsp3) is 0.524. The van der Waals surface area contributed by atoms with Gasteiger partial charge in [0, 0.05) is 17.4 Å². The predicted molar refractivity (Wildman–Crippen MR) is 106 cm³/mol. The van der Waals surface area contributed by atoms with E-state index < -0.39 is 0 Å². The van der Waals surface area contributed by atoms with Gasteiger partial charge in [-0.3, -0.25) is 4.79 Å². The third-order valence-electron chi connectivity index (χ3n) is 4.95. The van der Waals surface area contributed by atoms with Gasteiger partial charge in [-0.15, -0.1) is 11.3 Å². The van der Waals surface area contributed by atoms with Crippen molar-refractivity contribution in [1.82, 2.24) is 10.3 Å². The monoisotopic (exact) mass is 372 g/mol. The molecule has 1 saturated heterocycles. The van der Waals surface area contributed by atoms with E-state index in [2.05, 4.69) is 35.0 Å². The molecular formula is C21H28N2O2S. The van der Waals surface area contributed by atoms with Crippen molar-refractivity contribution >= 4 is 17.3 Å². The van der Waals surface area contributed by atoms with Gasteiger partial charge in [-0.2, -0.15) is 0 Å². The Bertz CT molecular complexity index is 690. The van der Waals surface area contributed by atoms with Crippen LogP contribution in [0.15, 0.2) is 29.6 Å². The third-order valence-corrected chi connectivity index (χ3v) is 5.86. The summed E-state index contributed by atoms with van der Waals surface area (Å²) in [6, 6.07) is 8.38. The Morgan fingerprint density at radius 2 is 2.00 bits per heavy atom. The minimum absolute atomic E-state index is 0.130. The smallest absolute Gasteiger partial charge is 0.306 e. The molecule has 0 radical (unpaired) electrons. The minimum Gasteiger partial charge on any atom is -0.466 e. The molecule has 2 heterocycles. The number of ether oxygens (including phenoxy) is 1. The lowest BCUT2D eigenvalue weighted by Crippen LogP contribution is -2.27. The Morgan fingerprint density at radius 1 is 1.23 bits per heavy atom. The Kier molecular flexibility index (Phi) is 7.21. The van der Waals surface area contributed by atoms with Gasteiger partial charge in [0.2, 0.25) is 0 Å². The van der Waals surface area contributed by atoms with Crippen LogP contribution in [0.5, 0.6) is 0 Å². The molecule has 0 atom stereocenters. The largest absolute Gasteiger partial charge is 0.466 e. The molecule has 4 nitrogen and oxygen atoms in total. The summed E-state index contributed by atoms with van der Waals surface area (Å²) in [6.07, 6.45) is 6.09. The number of esters is 1. The molecule has 140 valence electrons. The van der Waals surface area contributed by atoms with E-state index in [0.29, 0.717) is 13.0 Å². The van der Waals surface area contributed by atoms with Gasteiger partial charge in [-0.25, -0.2) is 4.98 Å². The van der Waals surface area contributed by atoms with Crippen LogP contribution in [-0.2, 0) is 22.4 Å². The Morgan fingerprint density at radius 3 is 2.73 bits per heavy atom. The number of carbonyl (C=O) groups excluding carboxylic acids is 1. The zero-order valence-electron chi connectivity index (χ0n) is 15.5. The van der Waals surface area contributed by atoms with Crippen LogP contribution in [0.1, 0.15) is 43.2 Å². The van der Waals surface area contributed by atoms with Gasteiger partial charge in [-0.05, 0) is 63.6 Å². The molecule has 1 aromatic heterocycles. The van der Waals surface area contributed by atoms with Gasteiger partial charge in [0.1, 0.15) is 0 Å². The molecule has 1 aliphatic heterocycles. The number of piperidine rings is 1. The highest BCUT2D eigenvalue weighted by Crippen LogP contribution is 2.25. The van der Waals surface area contributed by atoms with Gasteiger partial charge >= 0.3 is 5.97 Å². The van der Waals surface area contributed by atoms with Crippen molar-refractivity contribution in [3.63, 3.8) is 0 Å². The second-order valence-electron chi connectivity index (χ2n) is 6.86. The number of aryl methyl sites for hydroxylation is 2. The molecule has 5 heteroatoms. The van der Waals surface area contributed by atoms with Gasteiger partial charge < -0.3 is 10.1 Å². The lowest BCUT2D eigenvalue weighted by molar-refractivity contribution is -0.143. The van der Waals surface area contributed by atoms with Gasteiger partial charge in [0.15, 0.2) is 0 Å². The summed E-state index contributed by atoms with van der Waals surface area (Å²) < 4.78 is 4.98. The van der Waals surface area contributed by atoms with Crippen LogP contribution in [-0.4, -0.2) is 30.6 Å². The maximum atomic E-state index is 11.4. The number of thiazole rings is 1. The molecule has 1 aromatic carbocycles. The van der Waals surface area contributed by atoms with Crippen molar-refractivity contribution < 1.29 is 9.53 Å². The summed E-state index contributed by atoms with van der Waals surface area (Å²) in [5.74, 6) is 0.719. The quantitative estimate of drug-likeness (QED) is 0.704. The van der Waals surface area contributed by atoms with E-state index in [-0.39, 0.29) is 5.97 Å². The second-order valence-corrected chi connectivity index (χ2v) is 7.80. The molecule has 1 N–H and O–H groups in total. The van der Waals surface area contributed by atoms with Gasteiger partial charge in [0.25, 0.3) is 0 Å². The Hall–Kier alpha value is -1.72. The van der Waals surface area contributed by atoms with Crippen LogP contribution in [0.3, 0.4) is 0 Å². The first-order chi connectivity index (χ1) is 12.7. The zero-order chi connectivity index (χ0) is 18.2. The van der Waals surface area contributed by atoms with Gasteiger partial charge in [-0.1, -0.05) is 24.3 Å². The molecule has 26 heavy (non-hydrogen) atoms. The van der Waals surface area contributed by atoms with Gasteiger partial charge in [0.05, 0.1) is 17.3 Å². The first-order valence-electron chi connectivity index (χ1n) is 9.64. The molecule has 0 bridgehead atoms. The molecule has 0 aliphatic carbocycles. The van der Waals surface area contributed by atoms with Crippen molar-refractivity contribution in [3.8, 4) is 11.3 Å². The fourth-order valence-electron chi connectivity index (χ4n) is 3.38. The van der Waals surface area contributed by atoms with Crippen LogP contribution < -0.4 is 5.32 Å². The number of nitrogens with zero attached hydrogens (tertiary/aromatic N) is 1. The van der Waals surface area contributed by atoms with E-state index in [1.807, 2.05) is 6.92 Å². The zero-order valence-corrected chi connectivity index (χ0v) is 16.3. The highest BCUT2D eigenvalue weighted by atomic mass is 32.1.